The molecule has 1 aromatic heterocycles. The third-order valence-corrected chi connectivity index (χ3v) is 5.02. The molecular formula is C23H27NO2. The molecule has 0 bridgehead atoms. The number of nitrogens with zero attached hydrogens (tertiary/aromatic N) is 1. The van der Waals surface area contributed by atoms with Gasteiger partial charge in [0.15, 0.2) is 11.5 Å². The van der Waals surface area contributed by atoms with E-state index in [1.165, 1.54) is 29.6 Å². The van der Waals surface area contributed by atoms with Crippen LogP contribution in [0.2, 0.25) is 0 Å². The van der Waals surface area contributed by atoms with Gasteiger partial charge in [-0.05, 0) is 62.8 Å². The molecule has 26 heavy (non-hydrogen) atoms. The highest BCUT2D eigenvalue weighted by Crippen LogP contribution is 2.45. The number of ether oxygens (including phenoxy) is 2. The molecule has 1 heterocycles. The van der Waals surface area contributed by atoms with Crippen LogP contribution in [0.15, 0.2) is 48.1 Å². The lowest BCUT2D eigenvalue weighted by Crippen LogP contribution is -1.96. The Balaban J connectivity index is 2.10. The summed E-state index contributed by atoms with van der Waals surface area (Å²) in [5.41, 5.74) is 6.65. The van der Waals surface area contributed by atoms with E-state index in [2.05, 4.69) is 39.5 Å². The lowest BCUT2D eigenvalue weighted by Gasteiger charge is -2.13. The summed E-state index contributed by atoms with van der Waals surface area (Å²) in [6.07, 6.45) is 6.61. The van der Waals surface area contributed by atoms with Crippen LogP contribution in [-0.4, -0.2) is 19.2 Å². The molecule has 1 fully saturated rings. The normalized spacial score (nSPS) is 13.9. The summed E-state index contributed by atoms with van der Waals surface area (Å²) in [6, 6.07) is 6.20. The van der Waals surface area contributed by atoms with Crippen LogP contribution in [0.3, 0.4) is 0 Å². The van der Waals surface area contributed by atoms with E-state index in [1.54, 1.807) is 14.2 Å². The Morgan fingerprint density at radius 1 is 1.04 bits per heavy atom. The van der Waals surface area contributed by atoms with E-state index >= 15 is 0 Å². The van der Waals surface area contributed by atoms with Gasteiger partial charge in [0, 0.05) is 11.5 Å². The van der Waals surface area contributed by atoms with Crippen LogP contribution in [-0.2, 0) is 0 Å². The molecule has 0 spiro atoms. The molecule has 0 atom stereocenters. The molecule has 3 heteroatoms. The minimum atomic E-state index is 0.605. The number of hydrogen-bond donors (Lipinski definition) is 0. The number of benzene rings is 1. The van der Waals surface area contributed by atoms with Gasteiger partial charge in [0.1, 0.15) is 0 Å². The maximum Gasteiger partial charge on any atom is 0.162 e. The molecule has 0 saturated heterocycles. The molecule has 0 amide bonds. The van der Waals surface area contributed by atoms with Crippen LogP contribution >= 0.6 is 0 Å². The van der Waals surface area contributed by atoms with Crippen molar-refractivity contribution in [2.24, 2.45) is 0 Å². The Bertz CT molecular complexity index is 913. The van der Waals surface area contributed by atoms with Crippen molar-refractivity contribution in [2.45, 2.75) is 39.5 Å². The number of pyridine rings is 1. The fraction of sp³-hybridized carbons (Fsp3) is 0.348. The molecule has 2 aromatic rings. The lowest BCUT2D eigenvalue weighted by molar-refractivity contribution is 0.355. The molecule has 1 aliphatic rings. The average Bonchev–Trinajstić information content (AvgIpc) is 3.48. The summed E-state index contributed by atoms with van der Waals surface area (Å²) in [5.74, 6) is 2.05. The predicted octanol–water partition coefficient (Wildman–Crippen LogP) is 6.06. The SMILES string of the molecule is C=C(C=CC(C)=C(C)C)c1cc(C2CC2)c2cc(OC)c(OC)cc2n1. The molecular weight excluding hydrogens is 322 g/mol. The fourth-order valence-electron chi connectivity index (χ4n) is 2.95. The van der Waals surface area contributed by atoms with Crippen LogP contribution in [0.25, 0.3) is 16.5 Å². The fourth-order valence-corrected chi connectivity index (χ4v) is 2.95. The first kappa shape index (κ1) is 18.2. The van der Waals surface area contributed by atoms with Gasteiger partial charge in [-0.3, -0.25) is 0 Å². The number of allylic oxidation sites excluding steroid dienone is 5. The van der Waals surface area contributed by atoms with Crippen LogP contribution in [0.5, 0.6) is 11.5 Å². The van der Waals surface area contributed by atoms with Gasteiger partial charge in [0.25, 0.3) is 0 Å². The standard InChI is InChI=1S/C23H27NO2/c1-14(2)15(3)7-8-16(4)20-11-18(17-9-10-17)19-12-22(25-5)23(26-6)13-21(19)24-20/h7-8,11-13,17H,4,9-10H2,1-3,5-6H3. The van der Waals surface area contributed by atoms with Gasteiger partial charge >= 0.3 is 0 Å². The second-order valence-electron chi connectivity index (χ2n) is 7.14. The van der Waals surface area contributed by atoms with E-state index in [-0.39, 0.29) is 0 Å². The molecule has 3 nitrogen and oxygen atoms in total. The largest absolute Gasteiger partial charge is 0.493 e. The smallest absolute Gasteiger partial charge is 0.162 e. The van der Waals surface area contributed by atoms with Crippen molar-refractivity contribution in [2.75, 3.05) is 14.2 Å². The molecule has 0 radical (unpaired) electrons. The van der Waals surface area contributed by atoms with Gasteiger partial charge in [0.05, 0.1) is 25.4 Å². The molecule has 0 unspecified atom stereocenters. The van der Waals surface area contributed by atoms with Gasteiger partial charge in [-0.15, -0.1) is 0 Å². The Morgan fingerprint density at radius 3 is 2.27 bits per heavy atom. The number of hydrogen-bond acceptors (Lipinski definition) is 3. The van der Waals surface area contributed by atoms with Gasteiger partial charge < -0.3 is 9.47 Å². The van der Waals surface area contributed by atoms with E-state index in [1.807, 2.05) is 18.2 Å². The third-order valence-electron chi connectivity index (χ3n) is 5.02. The van der Waals surface area contributed by atoms with Crippen LogP contribution in [0.1, 0.15) is 50.8 Å². The van der Waals surface area contributed by atoms with E-state index in [0.29, 0.717) is 11.7 Å². The number of aromatic nitrogens is 1. The first-order valence-corrected chi connectivity index (χ1v) is 9.02. The van der Waals surface area contributed by atoms with Crippen molar-refractivity contribution in [1.82, 2.24) is 4.98 Å². The average molecular weight is 349 g/mol. The predicted molar refractivity (Wildman–Crippen MR) is 109 cm³/mol. The quantitative estimate of drug-likeness (QED) is 0.594. The topological polar surface area (TPSA) is 31.4 Å². The molecule has 0 N–H and O–H groups in total. The summed E-state index contributed by atoms with van der Waals surface area (Å²) in [4.78, 5) is 4.85. The molecule has 136 valence electrons. The summed E-state index contributed by atoms with van der Waals surface area (Å²) < 4.78 is 10.9. The summed E-state index contributed by atoms with van der Waals surface area (Å²) in [7, 11) is 3.32. The zero-order valence-corrected chi connectivity index (χ0v) is 16.3. The van der Waals surface area contributed by atoms with E-state index in [4.69, 9.17) is 14.5 Å². The summed E-state index contributed by atoms with van der Waals surface area (Å²) >= 11 is 0. The Morgan fingerprint density at radius 2 is 1.69 bits per heavy atom. The number of fused-ring (bicyclic) bond motifs is 1. The monoisotopic (exact) mass is 349 g/mol. The van der Waals surface area contributed by atoms with Crippen molar-refractivity contribution in [3.05, 3.63) is 59.3 Å². The zero-order valence-electron chi connectivity index (χ0n) is 16.3. The van der Waals surface area contributed by atoms with Gasteiger partial charge in [-0.25, -0.2) is 4.98 Å². The minimum absolute atomic E-state index is 0.605. The van der Waals surface area contributed by atoms with Crippen molar-refractivity contribution in [3.8, 4) is 11.5 Å². The Labute approximate surface area is 156 Å². The van der Waals surface area contributed by atoms with Gasteiger partial charge in [0.2, 0.25) is 0 Å². The highest BCUT2D eigenvalue weighted by molar-refractivity contribution is 5.89. The van der Waals surface area contributed by atoms with E-state index in [9.17, 15) is 0 Å². The van der Waals surface area contributed by atoms with Gasteiger partial charge in [-0.1, -0.05) is 29.9 Å². The highest BCUT2D eigenvalue weighted by Gasteiger charge is 2.27. The Kier molecular flexibility index (Phi) is 5.17. The first-order chi connectivity index (χ1) is 12.4. The maximum atomic E-state index is 5.48. The van der Waals surface area contributed by atoms with Crippen molar-refractivity contribution < 1.29 is 9.47 Å². The van der Waals surface area contributed by atoms with Crippen molar-refractivity contribution in [1.29, 1.82) is 0 Å². The molecule has 1 aromatic carbocycles. The second kappa shape index (κ2) is 7.36. The van der Waals surface area contributed by atoms with E-state index < -0.39 is 0 Å². The lowest BCUT2D eigenvalue weighted by atomic mass is 10.0. The molecule has 0 aliphatic heterocycles. The zero-order chi connectivity index (χ0) is 18.8. The first-order valence-electron chi connectivity index (χ1n) is 9.02. The number of methoxy groups -OCH3 is 2. The highest BCUT2D eigenvalue weighted by atomic mass is 16.5. The number of rotatable bonds is 6. The van der Waals surface area contributed by atoms with E-state index in [0.717, 1.165) is 27.9 Å². The minimum Gasteiger partial charge on any atom is -0.493 e. The molecule has 1 aliphatic carbocycles. The van der Waals surface area contributed by atoms with Crippen molar-refractivity contribution >= 4 is 16.5 Å². The van der Waals surface area contributed by atoms with Crippen LogP contribution in [0.4, 0.5) is 0 Å². The van der Waals surface area contributed by atoms with Crippen LogP contribution < -0.4 is 9.47 Å². The summed E-state index contributed by atoms with van der Waals surface area (Å²) in [5, 5.41) is 1.14. The third kappa shape index (κ3) is 3.67. The molecule has 1 saturated carbocycles. The summed E-state index contributed by atoms with van der Waals surface area (Å²) in [6.45, 7) is 10.6. The van der Waals surface area contributed by atoms with Crippen LogP contribution in [0, 0.1) is 0 Å². The van der Waals surface area contributed by atoms with Gasteiger partial charge in [-0.2, -0.15) is 0 Å². The maximum absolute atomic E-state index is 5.48. The Hall–Kier alpha value is -2.55. The molecule has 3 rings (SSSR count). The second-order valence-corrected chi connectivity index (χ2v) is 7.14. The van der Waals surface area contributed by atoms with Crippen molar-refractivity contribution in [3.63, 3.8) is 0 Å².